The molecule has 1 aliphatic carbocycles. The monoisotopic (exact) mass is 131 g/mol. The highest BCUT2D eigenvalue weighted by atomic mass is 19.1. The Kier molecular flexibility index (Phi) is 1.75. The molecule has 0 aromatic heterocycles. The van der Waals surface area contributed by atoms with E-state index in [4.69, 9.17) is 0 Å². The fraction of sp³-hybridized carbons (Fsp3) is 1.00. The molecule has 1 rings (SSSR count). The molecule has 0 aromatic rings. The molecule has 0 unspecified atom stereocenters. The summed E-state index contributed by atoms with van der Waals surface area (Å²) in [4.78, 5) is 2.09. The largest absolute Gasteiger partial charge is 0.298 e. The Labute approximate surface area is 55.8 Å². The molecule has 0 aliphatic heterocycles. The van der Waals surface area contributed by atoms with E-state index >= 15 is 0 Å². The Hall–Kier alpha value is -0.110. The summed E-state index contributed by atoms with van der Waals surface area (Å²) in [7, 11) is 1.98. The van der Waals surface area contributed by atoms with Gasteiger partial charge in [0.05, 0.1) is 0 Å². The molecule has 1 nitrogen and oxygen atoms in total. The van der Waals surface area contributed by atoms with Crippen LogP contribution in [0.25, 0.3) is 0 Å². The van der Waals surface area contributed by atoms with Crippen molar-refractivity contribution < 1.29 is 4.39 Å². The Morgan fingerprint density at radius 2 is 2.00 bits per heavy atom. The van der Waals surface area contributed by atoms with Gasteiger partial charge in [0.25, 0.3) is 0 Å². The highest BCUT2D eigenvalue weighted by Crippen LogP contribution is 2.31. The standard InChI is InChI=1S/C7H14FN/c1-5(2)9(3)7-4-6(7)8/h5-7H,4H2,1-3H3/t6-,7-/m1/s1. The molecular formula is C7H14FN. The van der Waals surface area contributed by atoms with Crippen LogP contribution >= 0.6 is 0 Å². The molecule has 1 fully saturated rings. The normalized spacial score (nSPS) is 34.0. The average Bonchev–Trinajstić information content (AvgIpc) is 2.44. The quantitative estimate of drug-likeness (QED) is 0.548. The van der Waals surface area contributed by atoms with Crippen molar-refractivity contribution in [3.8, 4) is 0 Å². The topological polar surface area (TPSA) is 3.24 Å². The van der Waals surface area contributed by atoms with Gasteiger partial charge in [0.1, 0.15) is 6.17 Å². The zero-order valence-corrected chi connectivity index (χ0v) is 6.26. The second kappa shape index (κ2) is 2.25. The van der Waals surface area contributed by atoms with Crippen LogP contribution in [0.1, 0.15) is 20.3 Å². The molecule has 0 amide bonds. The van der Waals surface area contributed by atoms with Gasteiger partial charge in [-0.2, -0.15) is 0 Å². The first-order valence-electron chi connectivity index (χ1n) is 3.49. The van der Waals surface area contributed by atoms with Crippen molar-refractivity contribution in [3.05, 3.63) is 0 Å². The molecule has 0 saturated heterocycles. The number of hydrogen-bond donors (Lipinski definition) is 0. The molecular weight excluding hydrogens is 117 g/mol. The number of alkyl halides is 1. The molecule has 1 saturated carbocycles. The lowest BCUT2D eigenvalue weighted by Crippen LogP contribution is -2.29. The summed E-state index contributed by atoms with van der Waals surface area (Å²) < 4.78 is 12.3. The minimum atomic E-state index is -0.544. The molecule has 0 bridgehead atoms. The zero-order valence-electron chi connectivity index (χ0n) is 6.26. The van der Waals surface area contributed by atoms with Crippen molar-refractivity contribution in [2.24, 2.45) is 0 Å². The molecule has 2 atom stereocenters. The average molecular weight is 131 g/mol. The van der Waals surface area contributed by atoms with Gasteiger partial charge >= 0.3 is 0 Å². The molecule has 0 spiro atoms. The van der Waals surface area contributed by atoms with Gasteiger partial charge in [0.15, 0.2) is 0 Å². The van der Waals surface area contributed by atoms with E-state index in [0.29, 0.717) is 6.04 Å². The summed E-state index contributed by atoms with van der Waals surface area (Å²) in [6, 6.07) is 0.709. The van der Waals surface area contributed by atoms with E-state index < -0.39 is 6.17 Å². The fourth-order valence-electron chi connectivity index (χ4n) is 0.956. The smallest absolute Gasteiger partial charge is 0.117 e. The van der Waals surface area contributed by atoms with Crippen molar-refractivity contribution >= 4 is 0 Å². The molecule has 0 radical (unpaired) electrons. The Bertz CT molecular complexity index is 103. The van der Waals surface area contributed by atoms with E-state index in [9.17, 15) is 4.39 Å². The molecule has 0 N–H and O–H groups in total. The molecule has 2 heteroatoms. The van der Waals surface area contributed by atoms with E-state index in [0.717, 1.165) is 6.42 Å². The van der Waals surface area contributed by atoms with E-state index in [2.05, 4.69) is 18.7 Å². The number of halogens is 1. The minimum Gasteiger partial charge on any atom is -0.298 e. The first kappa shape index (κ1) is 7.00. The van der Waals surface area contributed by atoms with Crippen molar-refractivity contribution in [3.63, 3.8) is 0 Å². The molecule has 1 aliphatic rings. The van der Waals surface area contributed by atoms with Crippen LogP contribution in [-0.4, -0.2) is 30.2 Å². The first-order chi connectivity index (χ1) is 4.13. The van der Waals surface area contributed by atoms with Crippen LogP contribution in [0.5, 0.6) is 0 Å². The van der Waals surface area contributed by atoms with Gasteiger partial charge in [-0.05, 0) is 27.3 Å². The second-order valence-corrected chi connectivity index (χ2v) is 3.08. The Morgan fingerprint density at radius 3 is 2.11 bits per heavy atom. The van der Waals surface area contributed by atoms with Gasteiger partial charge in [-0.15, -0.1) is 0 Å². The second-order valence-electron chi connectivity index (χ2n) is 3.08. The summed E-state index contributed by atoms with van der Waals surface area (Å²) in [5.74, 6) is 0. The van der Waals surface area contributed by atoms with Crippen molar-refractivity contribution in [2.75, 3.05) is 7.05 Å². The lowest BCUT2D eigenvalue weighted by molar-refractivity contribution is 0.237. The highest BCUT2D eigenvalue weighted by Gasteiger charge is 2.41. The van der Waals surface area contributed by atoms with Crippen molar-refractivity contribution in [1.29, 1.82) is 0 Å². The van der Waals surface area contributed by atoms with E-state index in [-0.39, 0.29) is 6.04 Å². The molecule has 0 aromatic carbocycles. The van der Waals surface area contributed by atoms with E-state index in [1.807, 2.05) is 7.05 Å². The predicted molar refractivity (Wildman–Crippen MR) is 36.2 cm³/mol. The highest BCUT2D eigenvalue weighted by molar-refractivity contribution is 4.95. The lowest BCUT2D eigenvalue weighted by Gasteiger charge is -2.19. The SMILES string of the molecule is CC(C)N(C)[C@@H]1C[C@H]1F. The maximum absolute atomic E-state index is 12.3. The lowest BCUT2D eigenvalue weighted by atomic mass is 10.3. The van der Waals surface area contributed by atoms with Gasteiger partial charge in [0, 0.05) is 12.1 Å². The van der Waals surface area contributed by atoms with Gasteiger partial charge in [-0.1, -0.05) is 0 Å². The summed E-state index contributed by atoms with van der Waals surface area (Å²) in [6.45, 7) is 4.18. The Balaban J connectivity index is 2.27. The third kappa shape index (κ3) is 1.42. The van der Waals surface area contributed by atoms with Gasteiger partial charge in [-0.25, -0.2) is 4.39 Å². The summed E-state index contributed by atoms with van der Waals surface area (Å²) in [5, 5.41) is 0. The van der Waals surface area contributed by atoms with Crippen LogP contribution in [0.2, 0.25) is 0 Å². The van der Waals surface area contributed by atoms with E-state index in [1.54, 1.807) is 0 Å². The third-order valence-corrected chi connectivity index (χ3v) is 2.02. The van der Waals surface area contributed by atoms with Crippen LogP contribution in [0.3, 0.4) is 0 Å². The van der Waals surface area contributed by atoms with Crippen LogP contribution in [-0.2, 0) is 0 Å². The number of nitrogens with zero attached hydrogens (tertiary/aromatic N) is 1. The van der Waals surface area contributed by atoms with Gasteiger partial charge < -0.3 is 0 Å². The zero-order chi connectivity index (χ0) is 7.02. The number of rotatable bonds is 2. The van der Waals surface area contributed by atoms with Crippen LogP contribution in [0, 0.1) is 0 Å². The first-order valence-corrected chi connectivity index (χ1v) is 3.49. The number of hydrogen-bond acceptors (Lipinski definition) is 1. The van der Waals surface area contributed by atoms with Crippen molar-refractivity contribution in [2.45, 2.75) is 38.5 Å². The van der Waals surface area contributed by atoms with Gasteiger partial charge in [-0.3, -0.25) is 4.90 Å². The van der Waals surface area contributed by atoms with Crippen molar-refractivity contribution in [1.82, 2.24) is 4.90 Å². The molecule has 0 heterocycles. The molecule has 9 heavy (non-hydrogen) atoms. The summed E-state index contributed by atoms with van der Waals surface area (Å²) in [5.41, 5.74) is 0. The predicted octanol–water partition coefficient (Wildman–Crippen LogP) is 1.44. The van der Waals surface area contributed by atoms with Crippen LogP contribution in [0.15, 0.2) is 0 Å². The summed E-state index contributed by atoms with van der Waals surface area (Å²) >= 11 is 0. The van der Waals surface area contributed by atoms with Gasteiger partial charge in [0.2, 0.25) is 0 Å². The minimum absolute atomic E-state index is 0.227. The summed E-state index contributed by atoms with van der Waals surface area (Å²) in [6.07, 6.45) is 0.201. The maximum Gasteiger partial charge on any atom is 0.117 e. The molecule has 54 valence electrons. The van der Waals surface area contributed by atoms with E-state index in [1.165, 1.54) is 0 Å². The Morgan fingerprint density at radius 1 is 1.56 bits per heavy atom. The van der Waals surface area contributed by atoms with Crippen LogP contribution < -0.4 is 0 Å². The third-order valence-electron chi connectivity index (χ3n) is 2.02. The van der Waals surface area contributed by atoms with Crippen LogP contribution in [0.4, 0.5) is 4.39 Å². The maximum atomic E-state index is 12.3. The fourth-order valence-corrected chi connectivity index (χ4v) is 0.956.